The van der Waals surface area contributed by atoms with Crippen LogP contribution in [0.25, 0.3) is 0 Å². The van der Waals surface area contributed by atoms with Crippen LogP contribution < -0.4 is 0 Å². The van der Waals surface area contributed by atoms with Crippen LogP contribution in [-0.4, -0.2) is 17.4 Å². The van der Waals surface area contributed by atoms with Crippen molar-refractivity contribution in [1.82, 2.24) is 4.98 Å². The van der Waals surface area contributed by atoms with Crippen LogP contribution in [0.2, 0.25) is 0 Å². The molecule has 0 aliphatic heterocycles. The van der Waals surface area contributed by atoms with Gasteiger partial charge in [-0.15, -0.1) is 11.3 Å². The summed E-state index contributed by atoms with van der Waals surface area (Å²) in [6, 6.07) is 9.35. The van der Waals surface area contributed by atoms with Crippen molar-refractivity contribution in [2.45, 2.75) is 33.3 Å². The van der Waals surface area contributed by atoms with E-state index in [1.807, 2.05) is 42.6 Å². The lowest BCUT2D eigenvalue weighted by atomic mass is 10.1. The molecule has 1 atom stereocenters. The molecule has 2 aromatic rings. The highest BCUT2D eigenvalue weighted by Gasteiger charge is 2.20. The third-order valence-electron chi connectivity index (χ3n) is 3.20. The van der Waals surface area contributed by atoms with E-state index in [0.29, 0.717) is 18.9 Å². The Hall–Kier alpha value is -1.52. The zero-order chi connectivity index (χ0) is 15.2. The van der Waals surface area contributed by atoms with Gasteiger partial charge in [0.05, 0.1) is 12.1 Å². The number of carbonyl (C=O) groups is 1. The Morgan fingerprint density at radius 3 is 2.62 bits per heavy atom. The summed E-state index contributed by atoms with van der Waals surface area (Å²) >= 11 is 1.57. The molecule has 0 saturated heterocycles. The number of Topliss-reactive ketones (excluding diaryl/α,β-unsaturated/α-hetero) is 1. The molecule has 0 spiro atoms. The van der Waals surface area contributed by atoms with Crippen LogP contribution in [0.1, 0.15) is 47.9 Å². The second kappa shape index (κ2) is 7.48. The van der Waals surface area contributed by atoms with Crippen molar-refractivity contribution in [2.75, 3.05) is 6.61 Å². The van der Waals surface area contributed by atoms with Crippen LogP contribution in [0.15, 0.2) is 35.7 Å². The average molecular weight is 303 g/mol. The average Bonchev–Trinajstić information content (AvgIpc) is 2.93. The fourth-order valence-corrected chi connectivity index (χ4v) is 3.19. The van der Waals surface area contributed by atoms with Crippen molar-refractivity contribution in [1.29, 1.82) is 0 Å². The fraction of sp³-hybridized carbons (Fsp3) is 0.412. The molecular weight excluding hydrogens is 282 g/mol. The number of ether oxygens (including phenoxy) is 1. The van der Waals surface area contributed by atoms with Crippen molar-refractivity contribution in [2.24, 2.45) is 5.92 Å². The van der Waals surface area contributed by atoms with Crippen molar-refractivity contribution < 1.29 is 9.53 Å². The molecule has 4 heteroatoms. The molecule has 1 unspecified atom stereocenters. The number of ketones is 1. The number of aromatic nitrogens is 1. The lowest BCUT2D eigenvalue weighted by Gasteiger charge is -2.18. The van der Waals surface area contributed by atoms with Gasteiger partial charge in [0, 0.05) is 17.6 Å². The van der Waals surface area contributed by atoms with Gasteiger partial charge in [0.25, 0.3) is 0 Å². The van der Waals surface area contributed by atoms with E-state index >= 15 is 0 Å². The first-order valence-corrected chi connectivity index (χ1v) is 8.14. The standard InChI is InChI=1S/C17H21NO2S/c1-4-20-16(12(2)3)17-18-14(11-21-17)10-15(19)13-8-6-5-7-9-13/h5-9,11-12,16H,4,10H2,1-3H3. The van der Waals surface area contributed by atoms with E-state index in [9.17, 15) is 4.79 Å². The van der Waals surface area contributed by atoms with E-state index in [0.717, 1.165) is 16.3 Å². The second-order valence-corrected chi connectivity index (χ2v) is 6.15. The number of thiazole rings is 1. The number of carbonyl (C=O) groups excluding carboxylic acids is 1. The van der Waals surface area contributed by atoms with E-state index in [4.69, 9.17) is 4.74 Å². The van der Waals surface area contributed by atoms with Crippen LogP contribution in [0.3, 0.4) is 0 Å². The number of nitrogens with zero attached hydrogens (tertiary/aromatic N) is 1. The van der Waals surface area contributed by atoms with Crippen molar-refractivity contribution in [3.8, 4) is 0 Å². The molecule has 1 aromatic heterocycles. The van der Waals surface area contributed by atoms with Gasteiger partial charge >= 0.3 is 0 Å². The SMILES string of the molecule is CCOC(c1nc(CC(=O)c2ccccc2)cs1)C(C)C. The van der Waals surface area contributed by atoms with Crippen LogP contribution in [0, 0.1) is 5.92 Å². The van der Waals surface area contributed by atoms with Crippen LogP contribution in [0.5, 0.6) is 0 Å². The molecule has 0 N–H and O–H groups in total. The highest BCUT2D eigenvalue weighted by atomic mass is 32.1. The summed E-state index contributed by atoms with van der Waals surface area (Å²) in [5, 5.41) is 2.92. The second-order valence-electron chi connectivity index (χ2n) is 5.26. The minimum absolute atomic E-state index is 0.0144. The summed E-state index contributed by atoms with van der Waals surface area (Å²) in [6.07, 6.45) is 0.359. The van der Waals surface area contributed by atoms with Gasteiger partial charge in [0.15, 0.2) is 5.78 Å². The molecule has 112 valence electrons. The molecule has 0 fully saturated rings. The monoisotopic (exact) mass is 303 g/mol. The molecule has 3 nitrogen and oxygen atoms in total. The van der Waals surface area contributed by atoms with Gasteiger partial charge in [-0.05, 0) is 12.8 Å². The number of rotatable bonds is 7. The highest BCUT2D eigenvalue weighted by Crippen LogP contribution is 2.28. The predicted octanol–water partition coefficient (Wildman–Crippen LogP) is 4.30. The molecule has 1 aromatic carbocycles. The first-order chi connectivity index (χ1) is 10.1. The summed E-state index contributed by atoms with van der Waals surface area (Å²) in [4.78, 5) is 16.8. The maximum atomic E-state index is 12.2. The number of hydrogen-bond donors (Lipinski definition) is 0. The summed E-state index contributed by atoms with van der Waals surface area (Å²) in [5.74, 6) is 0.471. The van der Waals surface area contributed by atoms with Crippen LogP contribution >= 0.6 is 11.3 Å². The lowest BCUT2D eigenvalue weighted by molar-refractivity contribution is 0.0292. The Kier molecular flexibility index (Phi) is 5.65. The molecular formula is C17H21NO2S. The predicted molar refractivity (Wildman–Crippen MR) is 85.8 cm³/mol. The Morgan fingerprint density at radius 2 is 2.00 bits per heavy atom. The first-order valence-electron chi connectivity index (χ1n) is 7.26. The van der Waals surface area contributed by atoms with Crippen LogP contribution in [0.4, 0.5) is 0 Å². The van der Waals surface area contributed by atoms with Gasteiger partial charge < -0.3 is 4.74 Å². The smallest absolute Gasteiger partial charge is 0.168 e. The van der Waals surface area contributed by atoms with Gasteiger partial charge in [-0.25, -0.2) is 4.98 Å². The maximum Gasteiger partial charge on any atom is 0.168 e. The molecule has 2 rings (SSSR count). The zero-order valence-corrected chi connectivity index (χ0v) is 13.5. The molecule has 0 aliphatic carbocycles. The van der Waals surface area contributed by atoms with E-state index < -0.39 is 0 Å². The topological polar surface area (TPSA) is 39.2 Å². The zero-order valence-electron chi connectivity index (χ0n) is 12.7. The molecule has 0 amide bonds. The quantitative estimate of drug-likeness (QED) is 0.716. The Labute approximate surface area is 130 Å². The van der Waals surface area contributed by atoms with Crippen molar-refractivity contribution in [3.05, 3.63) is 52.0 Å². The van der Waals surface area contributed by atoms with Gasteiger partial charge in [0.2, 0.25) is 0 Å². The summed E-state index contributed by atoms with van der Waals surface area (Å²) in [7, 11) is 0. The van der Waals surface area contributed by atoms with Gasteiger partial charge in [-0.3, -0.25) is 4.79 Å². The van der Waals surface area contributed by atoms with Gasteiger partial charge in [0.1, 0.15) is 11.1 Å². The number of benzene rings is 1. The van der Waals surface area contributed by atoms with Crippen LogP contribution in [-0.2, 0) is 11.2 Å². The summed E-state index contributed by atoms with van der Waals surface area (Å²) in [6.45, 7) is 6.90. The third-order valence-corrected chi connectivity index (χ3v) is 4.16. The Morgan fingerprint density at radius 1 is 1.29 bits per heavy atom. The molecule has 0 aliphatic rings. The summed E-state index contributed by atoms with van der Waals surface area (Å²) < 4.78 is 5.76. The van der Waals surface area contributed by atoms with Gasteiger partial charge in [-0.2, -0.15) is 0 Å². The first kappa shape index (κ1) is 15.9. The molecule has 0 radical (unpaired) electrons. The normalized spacial score (nSPS) is 12.6. The van der Waals surface area contributed by atoms with Crippen molar-refractivity contribution in [3.63, 3.8) is 0 Å². The maximum absolute atomic E-state index is 12.2. The Bertz CT molecular complexity index is 577. The molecule has 1 heterocycles. The third kappa shape index (κ3) is 4.22. The van der Waals surface area contributed by atoms with E-state index in [1.165, 1.54) is 0 Å². The minimum atomic E-state index is 0.0144. The van der Waals surface area contributed by atoms with E-state index in [1.54, 1.807) is 11.3 Å². The fourth-order valence-electron chi connectivity index (χ4n) is 2.15. The minimum Gasteiger partial charge on any atom is -0.371 e. The molecule has 0 bridgehead atoms. The highest BCUT2D eigenvalue weighted by molar-refractivity contribution is 7.09. The molecule has 21 heavy (non-hydrogen) atoms. The lowest BCUT2D eigenvalue weighted by Crippen LogP contribution is -2.11. The largest absolute Gasteiger partial charge is 0.371 e. The number of hydrogen-bond acceptors (Lipinski definition) is 4. The Balaban J connectivity index is 2.08. The molecule has 0 saturated carbocycles. The van der Waals surface area contributed by atoms with E-state index in [2.05, 4.69) is 18.8 Å². The van der Waals surface area contributed by atoms with Gasteiger partial charge in [-0.1, -0.05) is 44.2 Å². The summed E-state index contributed by atoms with van der Waals surface area (Å²) in [5.41, 5.74) is 1.56. The van der Waals surface area contributed by atoms with Crippen molar-refractivity contribution >= 4 is 17.1 Å². The van der Waals surface area contributed by atoms with E-state index in [-0.39, 0.29) is 11.9 Å².